The summed E-state index contributed by atoms with van der Waals surface area (Å²) in [5.74, 6) is 1.47. The first kappa shape index (κ1) is 18.2. The van der Waals surface area contributed by atoms with Crippen LogP contribution in [0.1, 0.15) is 11.5 Å². The van der Waals surface area contributed by atoms with E-state index in [4.69, 9.17) is 14.9 Å². The normalized spacial score (nSPS) is 10.6. The molecule has 0 aliphatic carbocycles. The number of para-hydroxylation sites is 2. The summed E-state index contributed by atoms with van der Waals surface area (Å²) in [4.78, 5) is 24.7. The number of benzene rings is 1. The Morgan fingerprint density at radius 2 is 2.04 bits per heavy atom. The number of anilines is 2. The van der Waals surface area contributed by atoms with Crippen molar-refractivity contribution in [2.75, 3.05) is 18.2 Å². The van der Waals surface area contributed by atoms with Gasteiger partial charge in [-0.05, 0) is 38.1 Å². The van der Waals surface area contributed by atoms with Crippen LogP contribution in [0, 0.1) is 13.8 Å². The highest BCUT2D eigenvalue weighted by Gasteiger charge is 2.15. The van der Waals surface area contributed by atoms with Gasteiger partial charge >= 0.3 is 0 Å². The molecule has 8 nitrogen and oxygen atoms in total. The van der Waals surface area contributed by atoms with E-state index in [0.29, 0.717) is 22.9 Å². The Bertz CT molecular complexity index is 1050. The number of ether oxygens (including phenoxy) is 1. The number of hydrogen-bond donors (Lipinski definition) is 2. The number of nitrogens with zero attached hydrogens (tertiary/aromatic N) is 2. The lowest BCUT2D eigenvalue weighted by atomic mass is 10.1. The second-order valence-corrected chi connectivity index (χ2v) is 6.02. The van der Waals surface area contributed by atoms with Gasteiger partial charge in [-0.1, -0.05) is 12.1 Å². The third-order valence-electron chi connectivity index (χ3n) is 3.99. The van der Waals surface area contributed by atoms with E-state index in [-0.39, 0.29) is 12.2 Å². The molecular formula is C19H20N4O4. The largest absolute Gasteiger partial charge is 0.495 e. The van der Waals surface area contributed by atoms with Gasteiger partial charge in [0, 0.05) is 5.56 Å². The van der Waals surface area contributed by atoms with Crippen LogP contribution < -0.4 is 21.3 Å². The van der Waals surface area contributed by atoms with Crippen LogP contribution in [0.4, 0.5) is 11.4 Å². The summed E-state index contributed by atoms with van der Waals surface area (Å²) in [6, 6.07) is 10.3. The lowest BCUT2D eigenvalue weighted by molar-refractivity contribution is -0.117. The maximum atomic E-state index is 12.4. The van der Waals surface area contributed by atoms with E-state index in [1.807, 2.05) is 6.92 Å². The fourth-order valence-corrected chi connectivity index (χ4v) is 2.76. The SMILES string of the molecule is COc1ccccc1NC(=O)Cn1nc(-c2cc(C)oc2C)cc(N)c1=O. The van der Waals surface area contributed by atoms with E-state index in [0.717, 1.165) is 16.0 Å². The van der Waals surface area contributed by atoms with Crippen LogP contribution in [0.2, 0.25) is 0 Å². The fourth-order valence-electron chi connectivity index (χ4n) is 2.76. The average Bonchev–Trinajstić information content (AvgIpc) is 2.97. The van der Waals surface area contributed by atoms with Crippen molar-refractivity contribution in [3.05, 3.63) is 58.3 Å². The molecule has 2 heterocycles. The van der Waals surface area contributed by atoms with Gasteiger partial charge in [-0.25, -0.2) is 4.68 Å². The Hall–Kier alpha value is -3.55. The predicted octanol–water partition coefficient (Wildman–Crippen LogP) is 2.35. The number of amides is 1. The van der Waals surface area contributed by atoms with E-state index < -0.39 is 11.5 Å². The second kappa shape index (κ2) is 7.36. The van der Waals surface area contributed by atoms with Crippen molar-refractivity contribution in [2.45, 2.75) is 20.4 Å². The zero-order valence-electron chi connectivity index (χ0n) is 15.3. The van der Waals surface area contributed by atoms with Crippen molar-refractivity contribution in [3.63, 3.8) is 0 Å². The van der Waals surface area contributed by atoms with Gasteiger partial charge in [-0.15, -0.1) is 0 Å². The minimum absolute atomic E-state index is 0.00310. The predicted molar refractivity (Wildman–Crippen MR) is 102 cm³/mol. The number of aryl methyl sites for hydroxylation is 2. The van der Waals surface area contributed by atoms with Crippen LogP contribution >= 0.6 is 0 Å². The number of nitrogens with two attached hydrogens (primary N) is 1. The van der Waals surface area contributed by atoms with Crippen molar-refractivity contribution in [3.8, 4) is 17.0 Å². The third-order valence-corrected chi connectivity index (χ3v) is 3.99. The molecule has 0 aliphatic heterocycles. The number of furan rings is 1. The molecule has 2 aromatic heterocycles. The number of methoxy groups -OCH3 is 1. The van der Waals surface area contributed by atoms with Gasteiger partial charge < -0.3 is 20.2 Å². The summed E-state index contributed by atoms with van der Waals surface area (Å²) in [7, 11) is 1.51. The first-order valence-corrected chi connectivity index (χ1v) is 8.27. The molecule has 3 N–H and O–H groups in total. The number of carbonyl (C=O) groups excluding carboxylic acids is 1. The van der Waals surface area contributed by atoms with Crippen LogP contribution in [0.15, 0.2) is 45.6 Å². The molecule has 3 rings (SSSR count). The van der Waals surface area contributed by atoms with E-state index >= 15 is 0 Å². The first-order valence-electron chi connectivity index (χ1n) is 8.27. The molecule has 0 aliphatic rings. The Balaban J connectivity index is 1.89. The summed E-state index contributed by atoms with van der Waals surface area (Å²) in [5, 5.41) is 6.98. The molecule has 1 aromatic carbocycles. The van der Waals surface area contributed by atoms with Crippen LogP contribution in [0.5, 0.6) is 5.75 Å². The highest BCUT2D eigenvalue weighted by molar-refractivity contribution is 5.92. The van der Waals surface area contributed by atoms with E-state index in [1.165, 1.54) is 13.2 Å². The number of carbonyl (C=O) groups is 1. The molecule has 8 heteroatoms. The Labute approximate surface area is 155 Å². The highest BCUT2D eigenvalue weighted by Crippen LogP contribution is 2.25. The smallest absolute Gasteiger partial charge is 0.290 e. The zero-order chi connectivity index (χ0) is 19.6. The maximum absolute atomic E-state index is 12.4. The average molecular weight is 368 g/mol. The van der Waals surface area contributed by atoms with Crippen molar-refractivity contribution < 1.29 is 13.9 Å². The van der Waals surface area contributed by atoms with Crippen molar-refractivity contribution in [2.24, 2.45) is 0 Å². The van der Waals surface area contributed by atoms with Crippen molar-refractivity contribution >= 4 is 17.3 Å². The van der Waals surface area contributed by atoms with Crippen LogP contribution in [-0.4, -0.2) is 22.8 Å². The van der Waals surface area contributed by atoms with Crippen LogP contribution in [0.25, 0.3) is 11.3 Å². The van der Waals surface area contributed by atoms with Crippen molar-refractivity contribution in [1.29, 1.82) is 0 Å². The molecule has 140 valence electrons. The number of rotatable bonds is 5. The van der Waals surface area contributed by atoms with Crippen molar-refractivity contribution in [1.82, 2.24) is 9.78 Å². The Morgan fingerprint density at radius 1 is 1.30 bits per heavy atom. The molecule has 27 heavy (non-hydrogen) atoms. The molecule has 3 aromatic rings. The monoisotopic (exact) mass is 368 g/mol. The summed E-state index contributed by atoms with van der Waals surface area (Å²) >= 11 is 0. The Morgan fingerprint density at radius 3 is 2.70 bits per heavy atom. The number of hydrogen-bond acceptors (Lipinski definition) is 6. The lowest BCUT2D eigenvalue weighted by Crippen LogP contribution is -2.31. The number of aromatic nitrogens is 2. The van der Waals surface area contributed by atoms with Gasteiger partial charge in [0.25, 0.3) is 5.56 Å². The van der Waals surface area contributed by atoms with Gasteiger partial charge in [0.2, 0.25) is 5.91 Å². The summed E-state index contributed by atoms with van der Waals surface area (Å²) < 4.78 is 11.7. The summed E-state index contributed by atoms with van der Waals surface area (Å²) in [5.41, 5.74) is 6.99. The molecule has 0 unspecified atom stereocenters. The number of nitrogens with one attached hydrogen (secondary N) is 1. The summed E-state index contributed by atoms with van der Waals surface area (Å²) in [6.07, 6.45) is 0. The molecule has 0 atom stereocenters. The fraction of sp³-hybridized carbons (Fsp3) is 0.211. The first-order chi connectivity index (χ1) is 12.9. The third kappa shape index (κ3) is 3.84. The highest BCUT2D eigenvalue weighted by atomic mass is 16.5. The van der Waals surface area contributed by atoms with E-state index in [9.17, 15) is 9.59 Å². The molecule has 0 bridgehead atoms. The zero-order valence-corrected chi connectivity index (χ0v) is 15.3. The van der Waals surface area contributed by atoms with Crippen LogP contribution in [-0.2, 0) is 11.3 Å². The molecule has 0 radical (unpaired) electrons. The molecule has 0 fully saturated rings. The minimum atomic E-state index is -0.535. The molecule has 0 saturated carbocycles. The maximum Gasteiger partial charge on any atom is 0.290 e. The topological polar surface area (TPSA) is 112 Å². The molecule has 1 amide bonds. The van der Waals surface area contributed by atoms with Crippen LogP contribution in [0.3, 0.4) is 0 Å². The quantitative estimate of drug-likeness (QED) is 0.715. The Kier molecular flexibility index (Phi) is 4.98. The number of nitrogen functional groups attached to an aromatic ring is 1. The van der Waals surface area contributed by atoms with E-state index in [1.54, 1.807) is 37.3 Å². The second-order valence-electron chi connectivity index (χ2n) is 6.02. The van der Waals surface area contributed by atoms with Gasteiger partial charge in [0.1, 0.15) is 29.5 Å². The molecular weight excluding hydrogens is 348 g/mol. The molecule has 0 spiro atoms. The summed E-state index contributed by atoms with van der Waals surface area (Å²) in [6.45, 7) is 3.32. The van der Waals surface area contributed by atoms with E-state index in [2.05, 4.69) is 10.4 Å². The minimum Gasteiger partial charge on any atom is -0.495 e. The van der Waals surface area contributed by atoms with Gasteiger partial charge in [0.15, 0.2) is 0 Å². The van der Waals surface area contributed by atoms with Gasteiger partial charge in [-0.2, -0.15) is 5.10 Å². The van der Waals surface area contributed by atoms with Gasteiger partial charge in [-0.3, -0.25) is 9.59 Å². The molecule has 0 saturated heterocycles. The van der Waals surface area contributed by atoms with Gasteiger partial charge in [0.05, 0.1) is 18.5 Å². The lowest BCUT2D eigenvalue weighted by Gasteiger charge is -2.11. The standard InChI is InChI=1S/C19H20N4O4/c1-11-8-13(12(2)27-11)16-9-14(20)19(25)23(22-16)10-18(24)21-15-6-4-5-7-17(15)26-3/h4-9H,10,20H2,1-3H3,(H,21,24).